The molecule has 192 valence electrons. The number of ether oxygens (including phenoxy) is 1. The molecule has 2 aromatic heterocycles. The number of aromatic nitrogens is 4. The Kier molecular flexibility index (Phi) is 7.36. The Morgan fingerprint density at radius 1 is 1.17 bits per heavy atom. The van der Waals surface area contributed by atoms with Gasteiger partial charge in [0.1, 0.15) is 5.02 Å². The van der Waals surface area contributed by atoms with E-state index >= 15 is 0 Å². The van der Waals surface area contributed by atoms with Crippen LogP contribution in [0.25, 0.3) is 0 Å². The molecule has 3 aromatic rings. The number of para-hydroxylation sites is 1. The van der Waals surface area contributed by atoms with E-state index in [2.05, 4.69) is 25.7 Å². The molecule has 2 aliphatic rings. The third-order valence-electron chi connectivity index (χ3n) is 7.08. The highest BCUT2D eigenvalue weighted by Crippen LogP contribution is 2.47. The van der Waals surface area contributed by atoms with Crippen molar-refractivity contribution in [1.82, 2.24) is 24.6 Å². The van der Waals surface area contributed by atoms with Gasteiger partial charge in [-0.15, -0.1) is 0 Å². The smallest absolute Gasteiger partial charge is 0.251 e. The van der Waals surface area contributed by atoms with E-state index in [1.54, 1.807) is 19.5 Å². The highest BCUT2D eigenvalue weighted by atomic mass is 35.5. The Morgan fingerprint density at radius 2 is 1.94 bits per heavy atom. The molecule has 1 aliphatic carbocycles. The molecule has 8 nitrogen and oxygen atoms in total. The zero-order chi connectivity index (χ0) is 25.1. The van der Waals surface area contributed by atoms with Gasteiger partial charge in [0.2, 0.25) is 5.95 Å². The van der Waals surface area contributed by atoms with Gasteiger partial charge in [0.25, 0.3) is 6.43 Å². The van der Waals surface area contributed by atoms with E-state index in [1.807, 2.05) is 40.0 Å². The summed E-state index contributed by atoms with van der Waals surface area (Å²) in [7, 11) is 1.65. The van der Waals surface area contributed by atoms with Crippen molar-refractivity contribution in [3.8, 4) is 0 Å². The van der Waals surface area contributed by atoms with Crippen LogP contribution in [-0.4, -0.2) is 57.8 Å². The Morgan fingerprint density at radius 3 is 2.69 bits per heavy atom. The van der Waals surface area contributed by atoms with Crippen molar-refractivity contribution in [2.45, 2.75) is 44.8 Å². The van der Waals surface area contributed by atoms with Crippen LogP contribution < -0.4 is 10.6 Å². The first-order valence-corrected chi connectivity index (χ1v) is 12.5. The predicted molar refractivity (Wildman–Crippen MR) is 135 cm³/mol. The fourth-order valence-corrected chi connectivity index (χ4v) is 5.46. The van der Waals surface area contributed by atoms with E-state index in [1.165, 1.54) is 0 Å². The van der Waals surface area contributed by atoms with Crippen LogP contribution in [0.15, 0.2) is 42.9 Å². The van der Waals surface area contributed by atoms with Gasteiger partial charge in [-0.3, -0.25) is 9.58 Å². The lowest BCUT2D eigenvalue weighted by atomic mass is 9.67. The average molecular weight is 518 g/mol. The number of nitrogens with one attached hydrogen (secondary N) is 2. The maximum atomic E-state index is 12.6. The second-order valence-electron chi connectivity index (χ2n) is 9.73. The molecule has 36 heavy (non-hydrogen) atoms. The minimum Gasteiger partial charge on any atom is -0.380 e. The molecule has 0 bridgehead atoms. The van der Waals surface area contributed by atoms with Crippen LogP contribution in [0.5, 0.6) is 0 Å². The fraction of sp³-hybridized carbons (Fsp3) is 0.480. The van der Waals surface area contributed by atoms with Gasteiger partial charge in [-0.1, -0.05) is 29.8 Å². The lowest BCUT2D eigenvalue weighted by Gasteiger charge is -2.53. The molecule has 0 atom stereocenters. The van der Waals surface area contributed by atoms with Crippen LogP contribution in [0, 0.1) is 5.41 Å². The molecule has 1 aromatic carbocycles. The van der Waals surface area contributed by atoms with Gasteiger partial charge < -0.3 is 15.4 Å². The molecule has 3 heterocycles. The molecule has 1 aliphatic heterocycles. The Labute approximate surface area is 214 Å². The van der Waals surface area contributed by atoms with E-state index in [4.69, 9.17) is 16.3 Å². The van der Waals surface area contributed by atoms with Crippen molar-refractivity contribution in [2.75, 3.05) is 37.4 Å². The van der Waals surface area contributed by atoms with Crippen molar-refractivity contribution in [2.24, 2.45) is 5.41 Å². The minimum absolute atomic E-state index is 0.108. The van der Waals surface area contributed by atoms with Gasteiger partial charge in [-0.05, 0) is 37.2 Å². The molecule has 1 saturated heterocycles. The highest BCUT2D eigenvalue weighted by molar-refractivity contribution is 6.32. The minimum atomic E-state index is -2.25. The van der Waals surface area contributed by atoms with Crippen LogP contribution in [0.1, 0.15) is 37.3 Å². The summed E-state index contributed by atoms with van der Waals surface area (Å²) >= 11 is 6.35. The number of alkyl halides is 2. The molecule has 1 spiro atoms. The van der Waals surface area contributed by atoms with Crippen molar-refractivity contribution in [1.29, 1.82) is 0 Å². The van der Waals surface area contributed by atoms with Gasteiger partial charge in [-0.2, -0.15) is 10.1 Å². The molecule has 11 heteroatoms. The molecule has 1 saturated carbocycles. The number of rotatable bonds is 9. The van der Waals surface area contributed by atoms with Crippen molar-refractivity contribution >= 4 is 34.7 Å². The van der Waals surface area contributed by atoms with Crippen molar-refractivity contribution in [3.63, 3.8) is 0 Å². The maximum absolute atomic E-state index is 12.6. The van der Waals surface area contributed by atoms with Gasteiger partial charge >= 0.3 is 0 Å². The number of nitrogens with zero attached hydrogens (tertiary/aromatic N) is 5. The molecule has 2 fully saturated rings. The van der Waals surface area contributed by atoms with E-state index in [0.717, 1.165) is 55.7 Å². The fourth-order valence-electron chi connectivity index (χ4n) is 5.32. The molecule has 0 amide bonds. The highest BCUT2D eigenvalue weighted by Gasteiger charge is 2.45. The number of hydrogen-bond acceptors (Lipinski definition) is 7. The van der Waals surface area contributed by atoms with E-state index < -0.39 is 6.43 Å². The summed E-state index contributed by atoms with van der Waals surface area (Å²) in [5.41, 5.74) is 2.85. The predicted octanol–water partition coefficient (Wildman–Crippen LogP) is 5.64. The lowest BCUT2D eigenvalue weighted by Crippen LogP contribution is -2.58. The normalized spacial score (nSPS) is 17.9. The van der Waals surface area contributed by atoms with E-state index in [-0.39, 0.29) is 12.0 Å². The number of methoxy groups -OCH3 is 1. The molecular weight excluding hydrogens is 488 g/mol. The quantitative estimate of drug-likeness (QED) is 0.380. The van der Waals surface area contributed by atoms with Crippen LogP contribution in [-0.2, 0) is 11.3 Å². The first-order chi connectivity index (χ1) is 17.4. The largest absolute Gasteiger partial charge is 0.380 e. The maximum Gasteiger partial charge on any atom is 0.251 e. The second kappa shape index (κ2) is 10.7. The number of anilines is 4. The summed E-state index contributed by atoms with van der Waals surface area (Å²) in [4.78, 5) is 10.7. The second-order valence-corrected chi connectivity index (χ2v) is 10.1. The number of benzene rings is 1. The van der Waals surface area contributed by atoms with Crippen molar-refractivity contribution < 1.29 is 13.5 Å². The first kappa shape index (κ1) is 24.9. The molecule has 0 radical (unpaired) electrons. The lowest BCUT2D eigenvalue weighted by molar-refractivity contribution is -0.0622. The average Bonchev–Trinajstić information content (AvgIpc) is 3.30. The standard InChI is InChI=1S/C25H30ClF2N7O/c1-36-14-17-4-2-3-5-21(17)32-23-20(26)11-29-24(33-23)31-18-10-30-35(12-18)19-6-8-25(9-7-19)15-34(16-25)13-22(27)28/h2-5,10-12,19,22H,6-9,13-16H2,1H3,(H2,29,31,32,33). The summed E-state index contributed by atoms with van der Waals surface area (Å²) in [6.45, 7) is 1.93. The van der Waals surface area contributed by atoms with Crippen LogP contribution in [0.4, 0.5) is 31.9 Å². The molecule has 0 unspecified atom stereocenters. The summed E-state index contributed by atoms with van der Waals surface area (Å²) in [6.07, 6.45) is 7.10. The first-order valence-electron chi connectivity index (χ1n) is 12.1. The zero-order valence-electron chi connectivity index (χ0n) is 20.1. The summed E-state index contributed by atoms with van der Waals surface area (Å²) in [5.74, 6) is 0.894. The number of halogens is 3. The monoisotopic (exact) mass is 517 g/mol. The van der Waals surface area contributed by atoms with E-state index in [9.17, 15) is 8.78 Å². The Balaban J connectivity index is 1.19. The topological polar surface area (TPSA) is 80.1 Å². The van der Waals surface area contributed by atoms with Crippen LogP contribution in [0.3, 0.4) is 0 Å². The Hall–Kier alpha value is -2.82. The van der Waals surface area contributed by atoms with Crippen molar-refractivity contribution in [3.05, 3.63) is 53.4 Å². The third kappa shape index (κ3) is 5.61. The number of likely N-dealkylation sites (tertiary alicyclic amines) is 1. The van der Waals surface area contributed by atoms with E-state index in [0.29, 0.717) is 29.4 Å². The van der Waals surface area contributed by atoms with Crippen LogP contribution >= 0.6 is 11.6 Å². The summed E-state index contributed by atoms with van der Waals surface area (Å²) < 4.78 is 32.5. The van der Waals surface area contributed by atoms with Gasteiger partial charge in [0.05, 0.1) is 37.3 Å². The zero-order valence-corrected chi connectivity index (χ0v) is 20.9. The SMILES string of the molecule is COCc1ccccc1Nc1nc(Nc2cnn(C3CCC4(CC3)CN(CC(F)F)C4)c2)ncc1Cl. The summed E-state index contributed by atoms with van der Waals surface area (Å²) in [6, 6.07) is 8.11. The van der Waals surface area contributed by atoms with Gasteiger partial charge in [0, 0.05) is 37.6 Å². The molecule has 5 rings (SSSR count). The molecule has 2 N–H and O–H groups in total. The van der Waals surface area contributed by atoms with Crippen LogP contribution in [0.2, 0.25) is 5.02 Å². The Bertz CT molecular complexity index is 1170. The third-order valence-corrected chi connectivity index (χ3v) is 7.35. The van der Waals surface area contributed by atoms with Gasteiger partial charge in [0.15, 0.2) is 5.82 Å². The number of hydrogen-bond donors (Lipinski definition) is 2. The summed E-state index contributed by atoms with van der Waals surface area (Å²) in [5, 5.41) is 11.4. The van der Waals surface area contributed by atoms with Gasteiger partial charge in [-0.25, -0.2) is 13.8 Å². The molecular formula is C25H30ClF2N7O.